The summed E-state index contributed by atoms with van der Waals surface area (Å²) in [6, 6.07) is 16.3. The SMILES string of the molecule is CN(C)Cc1ccc2c(c1)C(NC[C@@H](O)[C@H](Cc1cc(F)cc(F)c1)N(C(N)=O)c1ccccc1)COC2. The van der Waals surface area contributed by atoms with Crippen LogP contribution in [0.5, 0.6) is 0 Å². The number of halogens is 2. The molecular weight excluding hydrogens is 490 g/mol. The monoisotopic (exact) mass is 524 g/mol. The maximum absolute atomic E-state index is 14.0. The third-order valence-electron chi connectivity index (χ3n) is 6.61. The van der Waals surface area contributed by atoms with Gasteiger partial charge in [-0.25, -0.2) is 13.6 Å². The van der Waals surface area contributed by atoms with E-state index in [0.29, 0.717) is 24.5 Å². The Morgan fingerprint density at radius 3 is 2.45 bits per heavy atom. The first-order valence-electron chi connectivity index (χ1n) is 12.6. The van der Waals surface area contributed by atoms with Gasteiger partial charge in [0.1, 0.15) is 11.6 Å². The molecule has 0 saturated carbocycles. The van der Waals surface area contributed by atoms with Crippen LogP contribution >= 0.6 is 0 Å². The number of aliphatic hydroxyl groups is 1. The lowest BCUT2D eigenvalue weighted by atomic mass is 9.95. The molecule has 9 heteroatoms. The summed E-state index contributed by atoms with van der Waals surface area (Å²) in [6.07, 6.45) is -1.13. The van der Waals surface area contributed by atoms with Gasteiger partial charge in [-0.2, -0.15) is 0 Å². The van der Waals surface area contributed by atoms with Crippen LogP contribution in [-0.2, 0) is 24.3 Å². The number of carbonyl (C=O) groups excluding carboxylic acids is 1. The number of nitrogens with zero attached hydrogens (tertiary/aromatic N) is 2. The molecule has 0 saturated heterocycles. The molecule has 38 heavy (non-hydrogen) atoms. The van der Waals surface area contributed by atoms with Crippen molar-refractivity contribution in [3.05, 3.63) is 101 Å². The minimum atomic E-state index is -1.12. The number of para-hydroxylation sites is 1. The number of nitrogens with two attached hydrogens (primary N) is 1. The highest BCUT2D eigenvalue weighted by Crippen LogP contribution is 2.27. The van der Waals surface area contributed by atoms with Gasteiger partial charge < -0.3 is 25.8 Å². The van der Waals surface area contributed by atoms with E-state index in [-0.39, 0.29) is 19.0 Å². The van der Waals surface area contributed by atoms with Gasteiger partial charge in [0.15, 0.2) is 0 Å². The highest BCUT2D eigenvalue weighted by molar-refractivity contribution is 5.91. The van der Waals surface area contributed by atoms with Crippen LogP contribution in [0.15, 0.2) is 66.7 Å². The van der Waals surface area contributed by atoms with Crippen molar-refractivity contribution in [3.63, 3.8) is 0 Å². The number of benzene rings is 3. The standard InChI is InChI=1S/C29H34F2N4O3/c1-34(2)16-19-8-9-21-17-38-18-26(25(21)12-19)33-15-28(36)27(13-20-10-22(30)14-23(31)11-20)35(29(32)37)24-6-4-3-5-7-24/h3-12,14,26-28,33,36H,13,15-18H2,1-2H3,(H2,32,37)/t26?,27-,28+/m0/s1. The fourth-order valence-corrected chi connectivity index (χ4v) is 4.95. The van der Waals surface area contributed by atoms with Gasteiger partial charge in [0.2, 0.25) is 0 Å². The van der Waals surface area contributed by atoms with Crippen molar-refractivity contribution in [3.8, 4) is 0 Å². The molecule has 202 valence electrons. The Bertz CT molecular complexity index is 1220. The van der Waals surface area contributed by atoms with Crippen LogP contribution in [0.3, 0.4) is 0 Å². The van der Waals surface area contributed by atoms with Crippen molar-refractivity contribution >= 4 is 11.7 Å². The molecular formula is C29H34F2N4O3. The van der Waals surface area contributed by atoms with Crippen molar-refractivity contribution in [2.24, 2.45) is 5.73 Å². The highest BCUT2D eigenvalue weighted by atomic mass is 19.1. The lowest BCUT2D eigenvalue weighted by Gasteiger charge is -2.35. The number of nitrogens with one attached hydrogen (secondary N) is 1. The van der Waals surface area contributed by atoms with Crippen LogP contribution in [0.1, 0.15) is 28.3 Å². The number of urea groups is 1. The molecule has 1 aliphatic rings. The Hall–Kier alpha value is -3.37. The van der Waals surface area contributed by atoms with Crippen LogP contribution in [0.25, 0.3) is 0 Å². The van der Waals surface area contributed by atoms with Crippen LogP contribution in [0, 0.1) is 11.6 Å². The molecule has 3 aromatic rings. The van der Waals surface area contributed by atoms with Crippen molar-refractivity contribution in [2.45, 2.75) is 37.8 Å². The number of anilines is 1. The predicted molar refractivity (Wildman–Crippen MR) is 143 cm³/mol. The van der Waals surface area contributed by atoms with Gasteiger partial charge in [-0.05, 0) is 67.0 Å². The topological polar surface area (TPSA) is 91.1 Å². The molecule has 0 aromatic heterocycles. The van der Waals surface area contributed by atoms with Crippen LogP contribution < -0.4 is 16.0 Å². The zero-order valence-corrected chi connectivity index (χ0v) is 21.6. The average Bonchev–Trinajstić information content (AvgIpc) is 2.86. The van der Waals surface area contributed by atoms with E-state index in [4.69, 9.17) is 10.5 Å². The second-order valence-corrected chi connectivity index (χ2v) is 9.91. The van der Waals surface area contributed by atoms with Gasteiger partial charge in [0, 0.05) is 24.8 Å². The number of ether oxygens (including phenoxy) is 1. The summed E-state index contributed by atoms with van der Waals surface area (Å²) in [5.41, 5.74) is 9.87. The molecule has 0 spiro atoms. The molecule has 3 aromatic carbocycles. The fourth-order valence-electron chi connectivity index (χ4n) is 4.95. The molecule has 4 rings (SSSR count). The van der Waals surface area contributed by atoms with E-state index < -0.39 is 29.8 Å². The Balaban J connectivity index is 1.59. The minimum absolute atomic E-state index is 0.0138. The lowest BCUT2D eigenvalue weighted by Crippen LogP contribution is -2.54. The molecule has 0 bridgehead atoms. The molecule has 7 nitrogen and oxygen atoms in total. The molecule has 0 fully saturated rings. The zero-order chi connectivity index (χ0) is 27.2. The Morgan fingerprint density at radius 2 is 1.79 bits per heavy atom. The zero-order valence-electron chi connectivity index (χ0n) is 21.6. The van der Waals surface area contributed by atoms with E-state index in [9.17, 15) is 18.7 Å². The van der Waals surface area contributed by atoms with Gasteiger partial charge in [-0.15, -0.1) is 0 Å². The molecule has 0 radical (unpaired) electrons. The van der Waals surface area contributed by atoms with Crippen molar-refractivity contribution in [2.75, 3.05) is 32.1 Å². The van der Waals surface area contributed by atoms with Gasteiger partial charge in [0.25, 0.3) is 0 Å². The summed E-state index contributed by atoms with van der Waals surface area (Å²) in [5.74, 6) is -1.47. The summed E-state index contributed by atoms with van der Waals surface area (Å²) in [7, 11) is 4.02. The van der Waals surface area contributed by atoms with E-state index in [0.717, 1.165) is 29.3 Å². The van der Waals surface area contributed by atoms with Crippen LogP contribution in [0.4, 0.5) is 19.3 Å². The first-order valence-corrected chi connectivity index (χ1v) is 12.6. The number of amides is 2. The second-order valence-electron chi connectivity index (χ2n) is 9.91. The third kappa shape index (κ3) is 6.93. The number of hydrogen-bond acceptors (Lipinski definition) is 5. The largest absolute Gasteiger partial charge is 0.390 e. The van der Waals surface area contributed by atoms with Crippen molar-refractivity contribution in [1.82, 2.24) is 10.2 Å². The van der Waals surface area contributed by atoms with Gasteiger partial charge in [-0.3, -0.25) is 4.90 Å². The van der Waals surface area contributed by atoms with E-state index >= 15 is 0 Å². The quantitative estimate of drug-likeness (QED) is 0.376. The molecule has 1 heterocycles. The molecule has 3 atom stereocenters. The molecule has 1 unspecified atom stereocenters. The van der Waals surface area contributed by atoms with E-state index in [1.165, 1.54) is 17.0 Å². The van der Waals surface area contributed by atoms with Gasteiger partial charge in [-0.1, -0.05) is 36.4 Å². The number of rotatable bonds is 10. The summed E-state index contributed by atoms with van der Waals surface area (Å²) in [5, 5.41) is 14.8. The number of aliphatic hydroxyl groups excluding tert-OH is 1. The Morgan fingerprint density at radius 1 is 1.08 bits per heavy atom. The lowest BCUT2D eigenvalue weighted by molar-refractivity contribution is 0.0723. The summed E-state index contributed by atoms with van der Waals surface area (Å²) >= 11 is 0. The van der Waals surface area contributed by atoms with Crippen LogP contribution in [-0.4, -0.2) is 55.4 Å². The summed E-state index contributed by atoms with van der Waals surface area (Å²) < 4.78 is 33.7. The van der Waals surface area contributed by atoms with Crippen molar-refractivity contribution < 1.29 is 23.4 Å². The average molecular weight is 525 g/mol. The first kappa shape index (κ1) is 27.7. The summed E-state index contributed by atoms with van der Waals surface area (Å²) in [4.78, 5) is 16.0. The summed E-state index contributed by atoms with van der Waals surface area (Å²) in [6.45, 7) is 1.81. The Labute approximate surface area is 221 Å². The fraction of sp³-hybridized carbons (Fsp3) is 0.345. The number of fused-ring (bicyclic) bond motifs is 1. The van der Waals surface area contributed by atoms with Gasteiger partial charge >= 0.3 is 6.03 Å². The van der Waals surface area contributed by atoms with E-state index in [1.54, 1.807) is 30.3 Å². The third-order valence-corrected chi connectivity index (χ3v) is 6.61. The second kappa shape index (κ2) is 12.4. The maximum atomic E-state index is 14.0. The molecule has 0 aliphatic carbocycles. The minimum Gasteiger partial charge on any atom is -0.390 e. The molecule has 1 aliphatic heterocycles. The van der Waals surface area contributed by atoms with Crippen LogP contribution in [0.2, 0.25) is 0 Å². The smallest absolute Gasteiger partial charge is 0.319 e. The predicted octanol–water partition coefficient (Wildman–Crippen LogP) is 3.74. The maximum Gasteiger partial charge on any atom is 0.319 e. The van der Waals surface area contributed by atoms with E-state index in [1.807, 2.05) is 14.1 Å². The normalized spacial score (nSPS) is 16.6. The van der Waals surface area contributed by atoms with Gasteiger partial charge in [0.05, 0.1) is 31.4 Å². The van der Waals surface area contributed by atoms with E-state index in [2.05, 4.69) is 28.4 Å². The molecule has 4 N–H and O–H groups in total. The number of primary amides is 1. The van der Waals surface area contributed by atoms with Crippen molar-refractivity contribution in [1.29, 1.82) is 0 Å². The number of hydrogen-bond donors (Lipinski definition) is 3. The Kier molecular flexibility index (Phi) is 9.06. The highest BCUT2D eigenvalue weighted by Gasteiger charge is 2.32. The molecule has 2 amide bonds. The number of carbonyl (C=O) groups is 1. The first-order chi connectivity index (χ1) is 18.2.